The van der Waals surface area contributed by atoms with Gasteiger partial charge in [-0.05, 0) is 18.4 Å². The zero-order valence-corrected chi connectivity index (χ0v) is 12.9. The number of nitrogens with zero attached hydrogens (tertiary/aromatic N) is 5. The third-order valence-corrected chi connectivity index (χ3v) is 4.70. The SMILES string of the molecule is CC(C(=O)N1CCN(Cc2cccs2)CC1)n1cncn1. The van der Waals surface area contributed by atoms with Gasteiger partial charge in [0.05, 0.1) is 0 Å². The van der Waals surface area contributed by atoms with Crippen molar-refractivity contribution in [3.8, 4) is 0 Å². The van der Waals surface area contributed by atoms with Gasteiger partial charge < -0.3 is 4.90 Å². The third kappa shape index (κ3) is 3.30. The van der Waals surface area contributed by atoms with E-state index in [1.54, 1.807) is 22.3 Å². The maximum atomic E-state index is 12.4. The van der Waals surface area contributed by atoms with Gasteiger partial charge in [0.25, 0.3) is 0 Å². The van der Waals surface area contributed by atoms with E-state index in [0.29, 0.717) is 0 Å². The van der Waals surface area contributed by atoms with Gasteiger partial charge in [-0.2, -0.15) is 5.10 Å². The summed E-state index contributed by atoms with van der Waals surface area (Å²) in [6, 6.07) is 3.96. The summed E-state index contributed by atoms with van der Waals surface area (Å²) in [6.07, 6.45) is 3.05. The first-order valence-electron chi connectivity index (χ1n) is 7.11. The van der Waals surface area contributed by atoms with E-state index < -0.39 is 0 Å². The lowest BCUT2D eigenvalue weighted by molar-refractivity contribution is -0.136. The van der Waals surface area contributed by atoms with Crippen LogP contribution in [0.1, 0.15) is 17.8 Å². The molecule has 0 N–H and O–H groups in total. The molecule has 1 amide bonds. The molecule has 1 saturated heterocycles. The van der Waals surface area contributed by atoms with Crippen LogP contribution in [0.25, 0.3) is 0 Å². The van der Waals surface area contributed by atoms with E-state index in [1.165, 1.54) is 11.2 Å². The van der Waals surface area contributed by atoms with E-state index in [4.69, 9.17) is 0 Å². The van der Waals surface area contributed by atoms with Crippen LogP contribution >= 0.6 is 11.3 Å². The molecule has 1 atom stereocenters. The molecule has 0 spiro atoms. The van der Waals surface area contributed by atoms with Gasteiger partial charge in [-0.1, -0.05) is 6.07 Å². The fraction of sp³-hybridized carbons (Fsp3) is 0.500. The Bertz CT molecular complexity index is 560. The lowest BCUT2D eigenvalue weighted by Crippen LogP contribution is -2.49. The van der Waals surface area contributed by atoms with E-state index in [-0.39, 0.29) is 11.9 Å². The van der Waals surface area contributed by atoms with Gasteiger partial charge in [0.1, 0.15) is 18.7 Å². The average molecular weight is 305 g/mol. The van der Waals surface area contributed by atoms with Gasteiger partial charge in [-0.3, -0.25) is 9.69 Å². The molecule has 2 aromatic heterocycles. The van der Waals surface area contributed by atoms with Gasteiger partial charge in [-0.15, -0.1) is 11.3 Å². The number of rotatable bonds is 4. The number of carbonyl (C=O) groups is 1. The number of thiophene rings is 1. The van der Waals surface area contributed by atoms with Crippen LogP contribution in [0, 0.1) is 0 Å². The zero-order chi connectivity index (χ0) is 14.7. The van der Waals surface area contributed by atoms with Crippen molar-refractivity contribution in [3.63, 3.8) is 0 Å². The van der Waals surface area contributed by atoms with Crippen molar-refractivity contribution in [3.05, 3.63) is 35.0 Å². The standard InChI is InChI=1S/C14H19N5OS/c1-12(19-11-15-10-16-19)14(20)18-6-4-17(5-7-18)9-13-3-2-8-21-13/h2-3,8,10-12H,4-7,9H2,1H3. The van der Waals surface area contributed by atoms with Crippen LogP contribution in [-0.4, -0.2) is 56.7 Å². The highest BCUT2D eigenvalue weighted by molar-refractivity contribution is 7.09. The van der Waals surface area contributed by atoms with Crippen molar-refractivity contribution >= 4 is 17.2 Å². The van der Waals surface area contributed by atoms with Crippen LogP contribution in [-0.2, 0) is 11.3 Å². The average Bonchev–Trinajstić information content (AvgIpc) is 3.20. The van der Waals surface area contributed by atoms with Crippen LogP contribution in [0.5, 0.6) is 0 Å². The predicted molar refractivity (Wildman–Crippen MR) is 80.9 cm³/mol. The summed E-state index contributed by atoms with van der Waals surface area (Å²) in [7, 11) is 0. The highest BCUT2D eigenvalue weighted by Gasteiger charge is 2.26. The van der Waals surface area contributed by atoms with Crippen molar-refractivity contribution in [1.82, 2.24) is 24.6 Å². The van der Waals surface area contributed by atoms with Gasteiger partial charge in [0, 0.05) is 37.6 Å². The molecule has 2 aromatic rings. The smallest absolute Gasteiger partial charge is 0.247 e. The van der Waals surface area contributed by atoms with Crippen molar-refractivity contribution in [1.29, 1.82) is 0 Å². The van der Waals surface area contributed by atoms with E-state index in [1.807, 2.05) is 11.8 Å². The summed E-state index contributed by atoms with van der Waals surface area (Å²) in [5, 5.41) is 6.15. The second-order valence-electron chi connectivity index (χ2n) is 5.23. The first-order chi connectivity index (χ1) is 10.2. The Morgan fingerprint density at radius 2 is 2.19 bits per heavy atom. The minimum atomic E-state index is -0.281. The third-order valence-electron chi connectivity index (χ3n) is 3.83. The van der Waals surface area contributed by atoms with Crippen molar-refractivity contribution < 1.29 is 4.79 Å². The summed E-state index contributed by atoms with van der Waals surface area (Å²) in [5.74, 6) is 0.122. The lowest BCUT2D eigenvalue weighted by Gasteiger charge is -2.35. The predicted octanol–water partition coefficient (Wildman–Crippen LogP) is 1.25. The molecule has 0 aromatic carbocycles. The van der Waals surface area contributed by atoms with Gasteiger partial charge in [0.2, 0.25) is 5.91 Å². The molecule has 1 aliphatic rings. The fourth-order valence-corrected chi connectivity index (χ4v) is 3.29. The first-order valence-corrected chi connectivity index (χ1v) is 7.99. The van der Waals surface area contributed by atoms with Crippen LogP contribution in [0.3, 0.4) is 0 Å². The van der Waals surface area contributed by atoms with Crippen LogP contribution in [0.4, 0.5) is 0 Å². The molecule has 1 aliphatic heterocycles. The highest BCUT2D eigenvalue weighted by atomic mass is 32.1. The molecular formula is C14H19N5OS. The van der Waals surface area contributed by atoms with E-state index in [0.717, 1.165) is 32.7 Å². The van der Waals surface area contributed by atoms with Crippen molar-refractivity contribution in [2.24, 2.45) is 0 Å². The monoisotopic (exact) mass is 305 g/mol. The quantitative estimate of drug-likeness (QED) is 0.853. The molecule has 6 nitrogen and oxygen atoms in total. The maximum Gasteiger partial charge on any atom is 0.247 e. The molecule has 21 heavy (non-hydrogen) atoms. The minimum Gasteiger partial charge on any atom is -0.338 e. The molecule has 7 heteroatoms. The number of hydrogen-bond donors (Lipinski definition) is 0. The highest BCUT2D eigenvalue weighted by Crippen LogP contribution is 2.15. The number of aromatic nitrogens is 3. The molecular weight excluding hydrogens is 286 g/mol. The molecule has 0 aliphatic carbocycles. The molecule has 0 radical (unpaired) electrons. The van der Waals surface area contributed by atoms with E-state index in [2.05, 4.69) is 32.5 Å². The Balaban J connectivity index is 1.52. The molecule has 112 valence electrons. The van der Waals surface area contributed by atoms with Crippen molar-refractivity contribution in [2.75, 3.05) is 26.2 Å². The summed E-state index contributed by atoms with van der Waals surface area (Å²) in [6.45, 7) is 6.27. The van der Waals surface area contributed by atoms with Crippen molar-refractivity contribution in [2.45, 2.75) is 19.5 Å². The Kier molecular flexibility index (Phi) is 4.31. The largest absolute Gasteiger partial charge is 0.338 e. The Labute approximate surface area is 128 Å². The Hall–Kier alpha value is -1.73. The second kappa shape index (κ2) is 6.36. The number of piperazine rings is 1. The summed E-state index contributed by atoms with van der Waals surface area (Å²) in [4.78, 5) is 22.0. The van der Waals surface area contributed by atoms with Gasteiger partial charge in [-0.25, -0.2) is 9.67 Å². The number of hydrogen-bond acceptors (Lipinski definition) is 5. The molecule has 1 fully saturated rings. The molecule has 3 rings (SSSR count). The number of carbonyl (C=O) groups excluding carboxylic acids is 1. The summed E-state index contributed by atoms with van der Waals surface area (Å²) >= 11 is 1.79. The minimum absolute atomic E-state index is 0.122. The second-order valence-corrected chi connectivity index (χ2v) is 6.26. The molecule has 3 heterocycles. The van der Waals surface area contributed by atoms with Crippen LogP contribution < -0.4 is 0 Å². The summed E-state index contributed by atoms with van der Waals surface area (Å²) in [5.41, 5.74) is 0. The molecule has 0 saturated carbocycles. The van der Waals surface area contributed by atoms with Crippen LogP contribution in [0.2, 0.25) is 0 Å². The molecule has 0 bridgehead atoms. The van der Waals surface area contributed by atoms with E-state index >= 15 is 0 Å². The topological polar surface area (TPSA) is 54.3 Å². The first kappa shape index (κ1) is 14.2. The van der Waals surface area contributed by atoms with Crippen LogP contribution in [0.15, 0.2) is 30.2 Å². The Morgan fingerprint density at radius 1 is 1.38 bits per heavy atom. The molecule has 1 unspecified atom stereocenters. The van der Waals surface area contributed by atoms with E-state index in [9.17, 15) is 4.79 Å². The maximum absolute atomic E-state index is 12.4. The zero-order valence-electron chi connectivity index (χ0n) is 12.1. The lowest BCUT2D eigenvalue weighted by atomic mass is 10.2. The number of amides is 1. The summed E-state index contributed by atoms with van der Waals surface area (Å²) < 4.78 is 1.61. The Morgan fingerprint density at radius 3 is 2.81 bits per heavy atom. The normalized spacial score (nSPS) is 17.9. The van der Waals surface area contributed by atoms with Gasteiger partial charge >= 0.3 is 0 Å². The van der Waals surface area contributed by atoms with Gasteiger partial charge in [0.15, 0.2) is 0 Å². The fourth-order valence-electron chi connectivity index (χ4n) is 2.54.